The number of hydrogen-bond donors (Lipinski definition) is 1. The van der Waals surface area contributed by atoms with Gasteiger partial charge < -0.3 is 15.2 Å². The first-order valence-corrected chi connectivity index (χ1v) is 7.05. The van der Waals surface area contributed by atoms with Crippen LogP contribution in [0.2, 0.25) is 0 Å². The second-order valence-corrected chi connectivity index (χ2v) is 5.11. The first kappa shape index (κ1) is 14.7. The number of nitrogens with two attached hydrogens (primary N) is 1. The molecule has 0 aromatic heterocycles. The lowest BCUT2D eigenvalue weighted by molar-refractivity contribution is 0.317. The number of para-hydroxylation sites is 1. The minimum atomic E-state index is -0.460. The maximum Gasteiger partial charge on any atom is 0.166 e. The summed E-state index contributed by atoms with van der Waals surface area (Å²) >= 11 is 3.20. The van der Waals surface area contributed by atoms with Gasteiger partial charge in [-0.25, -0.2) is 4.39 Å². The first-order valence-electron chi connectivity index (χ1n) is 6.26. The number of nitrogen functional groups attached to an aromatic ring is 1. The van der Waals surface area contributed by atoms with E-state index in [4.69, 9.17) is 15.2 Å². The summed E-state index contributed by atoms with van der Waals surface area (Å²) in [5, 5.41) is 0. The van der Waals surface area contributed by atoms with Crippen LogP contribution in [0.15, 0.2) is 40.9 Å². The Morgan fingerprint density at radius 1 is 1.15 bits per heavy atom. The molecule has 0 fully saturated rings. The van der Waals surface area contributed by atoms with Gasteiger partial charge in [-0.15, -0.1) is 0 Å². The van der Waals surface area contributed by atoms with Gasteiger partial charge >= 0.3 is 0 Å². The van der Waals surface area contributed by atoms with Crippen molar-refractivity contribution in [3.63, 3.8) is 0 Å². The maximum absolute atomic E-state index is 13.7. The highest BCUT2D eigenvalue weighted by Crippen LogP contribution is 2.35. The Morgan fingerprint density at radius 3 is 2.60 bits per heavy atom. The molecule has 0 atom stereocenters. The fourth-order valence-electron chi connectivity index (χ4n) is 1.63. The molecule has 0 aliphatic rings. The molecule has 2 N–H and O–H groups in total. The van der Waals surface area contributed by atoms with E-state index in [0.29, 0.717) is 28.3 Å². The van der Waals surface area contributed by atoms with Crippen LogP contribution in [0, 0.1) is 5.82 Å². The van der Waals surface area contributed by atoms with Crippen molar-refractivity contribution < 1.29 is 13.9 Å². The Balaban J connectivity index is 2.24. The lowest BCUT2D eigenvalue weighted by Crippen LogP contribution is -2.01. The lowest BCUT2D eigenvalue weighted by atomic mass is 10.2. The lowest BCUT2D eigenvalue weighted by Gasteiger charge is -2.13. The summed E-state index contributed by atoms with van der Waals surface area (Å²) in [5.74, 6) is 0.577. The second-order valence-electron chi connectivity index (χ2n) is 4.19. The third kappa shape index (κ3) is 3.42. The summed E-state index contributed by atoms with van der Waals surface area (Å²) in [6.45, 7) is 2.58. The summed E-state index contributed by atoms with van der Waals surface area (Å²) < 4.78 is 25.4. The average molecular weight is 340 g/mol. The van der Waals surface area contributed by atoms with Crippen molar-refractivity contribution in [3.05, 3.63) is 46.7 Å². The number of rotatable bonds is 5. The quantitative estimate of drug-likeness (QED) is 0.799. The van der Waals surface area contributed by atoms with Crippen molar-refractivity contribution in [2.75, 3.05) is 12.3 Å². The van der Waals surface area contributed by atoms with E-state index in [1.54, 1.807) is 30.3 Å². The molecular weight excluding hydrogens is 325 g/mol. The maximum atomic E-state index is 13.7. The van der Waals surface area contributed by atoms with Crippen LogP contribution in [0.3, 0.4) is 0 Å². The molecule has 0 amide bonds. The molecule has 0 saturated heterocycles. The summed E-state index contributed by atoms with van der Waals surface area (Å²) in [4.78, 5) is 0. The topological polar surface area (TPSA) is 44.5 Å². The summed E-state index contributed by atoms with van der Waals surface area (Å²) in [5.41, 5.74) is 6.33. The Labute approximate surface area is 125 Å². The van der Waals surface area contributed by atoms with E-state index in [0.717, 1.165) is 6.42 Å². The van der Waals surface area contributed by atoms with Crippen molar-refractivity contribution in [2.24, 2.45) is 0 Å². The first-order chi connectivity index (χ1) is 9.61. The molecule has 0 aliphatic heterocycles. The molecule has 0 unspecified atom stereocenters. The number of anilines is 1. The molecule has 0 heterocycles. The van der Waals surface area contributed by atoms with Crippen LogP contribution in [0.25, 0.3) is 0 Å². The van der Waals surface area contributed by atoms with E-state index in [1.165, 1.54) is 6.07 Å². The van der Waals surface area contributed by atoms with Crippen LogP contribution in [0.4, 0.5) is 10.1 Å². The molecule has 0 saturated carbocycles. The van der Waals surface area contributed by atoms with Gasteiger partial charge in [-0.2, -0.15) is 0 Å². The van der Waals surface area contributed by atoms with E-state index in [9.17, 15) is 4.39 Å². The predicted molar refractivity (Wildman–Crippen MR) is 80.8 cm³/mol. The third-order valence-electron chi connectivity index (χ3n) is 2.60. The molecule has 2 aromatic rings. The number of halogens is 2. The fourth-order valence-corrected chi connectivity index (χ4v) is 1.96. The largest absolute Gasteiger partial charge is 0.491 e. The van der Waals surface area contributed by atoms with Crippen LogP contribution < -0.4 is 15.2 Å². The van der Waals surface area contributed by atoms with E-state index in [-0.39, 0.29) is 5.75 Å². The van der Waals surface area contributed by atoms with Gasteiger partial charge in [0.2, 0.25) is 0 Å². The number of hydrogen-bond acceptors (Lipinski definition) is 3. The van der Waals surface area contributed by atoms with Gasteiger partial charge in [0.15, 0.2) is 17.3 Å². The van der Waals surface area contributed by atoms with Crippen LogP contribution in [-0.4, -0.2) is 6.61 Å². The SMILES string of the molecule is CCCOc1cccc(Oc2ccc(Br)cc2F)c1N. The normalized spacial score (nSPS) is 10.3. The van der Waals surface area contributed by atoms with Gasteiger partial charge in [-0.1, -0.05) is 28.9 Å². The highest BCUT2D eigenvalue weighted by atomic mass is 79.9. The molecule has 2 rings (SSSR count). The van der Waals surface area contributed by atoms with Crippen LogP contribution >= 0.6 is 15.9 Å². The average Bonchev–Trinajstić information content (AvgIpc) is 2.42. The standard InChI is InChI=1S/C15H15BrFNO2/c1-2-8-19-13-4-3-5-14(15(13)18)20-12-7-6-10(16)9-11(12)17/h3-7,9H,2,8,18H2,1H3. The molecule has 2 aromatic carbocycles. The van der Waals surface area contributed by atoms with Gasteiger partial charge in [0.1, 0.15) is 11.4 Å². The van der Waals surface area contributed by atoms with Crippen LogP contribution in [0.5, 0.6) is 17.2 Å². The highest BCUT2D eigenvalue weighted by molar-refractivity contribution is 9.10. The van der Waals surface area contributed by atoms with E-state index in [1.807, 2.05) is 6.92 Å². The zero-order chi connectivity index (χ0) is 14.5. The zero-order valence-corrected chi connectivity index (χ0v) is 12.6. The Kier molecular flexibility index (Phi) is 4.84. The van der Waals surface area contributed by atoms with Crippen LogP contribution in [-0.2, 0) is 0 Å². The third-order valence-corrected chi connectivity index (χ3v) is 3.09. The Bertz CT molecular complexity index is 604. The van der Waals surface area contributed by atoms with Gasteiger partial charge in [-0.3, -0.25) is 0 Å². The van der Waals surface area contributed by atoms with Crippen molar-refractivity contribution in [1.82, 2.24) is 0 Å². The van der Waals surface area contributed by atoms with Crippen molar-refractivity contribution in [3.8, 4) is 17.2 Å². The van der Waals surface area contributed by atoms with Crippen LogP contribution in [0.1, 0.15) is 13.3 Å². The van der Waals surface area contributed by atoms with E-state index >= 15 is 0 Å². The van der Waals surface area contributed by atoms with E-state index < -0.39 is 5.82 Å². The van der Waals surface area contributed by atoms with E-state index in [2.05, 4.69) is 15.9 Å². The minimum absolute atomic E-state index is 0.118. The van der Waals surface area contributed by atoms with Gasteiger partial charge in [-0.05, 0) is 36.8 Å². The highest BCUT2D eigenvalue weighted by Gasteiger charge is 2.11. The van der Waals surface area contributed by atoms with Gasteiger partial charge in [0.05, 0.1) is 6.61 Å². The zero-order valence-electron chi connectivity index (χ0n) is 11.0. The molecule has 20 heavy (non-hydrogen) atoms. The van der Waals surface area contributed by atoms with Crippen molar-refractivity contribution in [1.29, 1.82) is 0 Å². The monoisotopic (exact) mass is 339 g/mol. The second kappa shape index (κ2) is 6.61. The molecule has 106 valence electrons. The van der Waals surface area contributed by atoms with Crippen molar-refractivity contribution >= 4 is 21.6 Å². The Morgan fingerprint density at radius 2 is 1.90 bits per heavy atom. The van der Waals surface area contributed by atoms with Crippen molar-refractivity contribution in [2.45, 2.75) is 13.3 Å². The molecule has 0 aliphatic carbocycles. The summed E-state index contributed by atoms with van der Waals surface area (Å²) in [6, 6.07) is 9.77. The number of benzene rings is 2. The molecule has 0 radical (unpaired) electrons. The molecular formula is C15H15BrFNO2. The Hall–Kier alpha value is -1.75. The van der Waals surface area contributed by atoms with Gasteiger partial charge in [0, 0.05) is 4.47 Å². The fraction of sp³-hybridized carbons (Fsp3) is 0.200. The molecule has 3 nitrogen and oxygen atoms in total. The number of ether oxygens (including phenoxy) is 2. The smallest absolute Gasteiger partial charge is 0.166 e. The summed E-state index contributed by atoms with van der Waals surface area (Å²) in [6.07, 6.45) is 0.881. The molecule has 5 heteroatoms. The summed E-state index contributed by atoms with van der Waals surface area (Å²) in [7, 11) is 0. The minimum Gasteiger partial charge on any atom is -0.491 e. The predicted octanol–water partition coefficient (Wildman–Crippen LogP) is 4.75. The molecule has 0 spiro atoms. The molecule has 0 bridgehead atoms. The van der Waals surface area contributed by atoms with Gasteiger partial charge in [0.25, 0.3) is 0 Å².